The molecule has 0 radical (unpaired) electrons. The van der Waals surface area contributed by atoms with Crippen LogP contribution in [0.25, 0.3) is 0 Å². The Morgan fingerprint density at radius 3 is 1.93 bits per heavy atom. The fourth-order valence-corrected chi connectivity index (χ4v) is 8.32. The first kappa shape index (κ1) is 21.6. The summed E-state index contributed by atoms with van der Waals surface area (Å²) in [7, 11) is -2.44. The molecule has 27 heavy (non-hydrogen) atoms. The van der Waals surface area contributed by atoms with Gasteiger partial charge in [-0.25, -0.2) is 0 Å². The second kappa shape index (κ2) is 10.0. The molecular formula is C24H34O2Si. The molecule has 0 aliphatic carbocycles. The molecule has 0 unspecified atom stereocenters. The topological polar surface area (TPSA) is 29.5 Å². The maximum Gasteiger partial charge on any atom is 0.261 e. The molecule has 0 heterocycles. The first-order valence-corrected chi connectivity index (χ1v) is 11.9. The smallest absolute Gasteiger partial charge is 0.261 e. The summed E-state index contributed by atoms with van der Waals surface area (Å²) in [5.41, 5.74) is 0. The summed E-state index contributed by atoms with van der Waals surface area (Å²) < 4.78 is 6.83. The van der Waals surface area contributed by atoms with Crippen molar-refractivity contribution in [2.45, 2.75) is 58.1 Å². The van der Waals surface area contributed by atoms with Crippen LogP contribution in [0.4, 0.5) is 0 Å². The standard InChI is InChI=1S/C24H34O2Si/c1-5-6-14-21(25)15-13-20-26-27(24(2,3)4,22-16-9-7-10-17-22)23-18-11-8-12-19-23/h5-12,16-19,21,25H,13-15,20H2,1-4H3/b6-5+/t21-/m0/s1. The van der Waals surface area contributed by atoms with Gasteiger partial charge in [0.15, 0.2) is 0 Å². The second-order valence-corrected chi connectivity index (χ2v) is 12.4. The number of aliphatic hydroxyl groups excluding tert-OH is 1. The predicted molar refractivity (Wildman–Crippen MR) is 118 cm³/mol. The zero-order chi connectivity index (χ0) is 19.8. The Labute approximate surface area is 166 Å². The maximum atomic E-state index is 10.1. The molecule has 0 spiro atoms. The quantitative estimate of drug-likeness (QED) is 0.388. The summed E-state index contributed by atoms with van der Waals surface area (Å²) in [6.07, 6.45) is 6.07. The van der Waals surface area contributed by atoms with Gasteiger partial charge in [0, 0.05) is 6.61 Å². The third-order valence-corrected chi connectivity index (χ3v) is 10.1. The van der Waals surface area contributed by atoms with Crippen LogP contribution in [-0.2, 0) is 4.43 Å². The van der Waals surface area contributed by atoms with Gasteiger partial charge in [-0.2, -0.15) is 0 Å². The van der Waals surface area contributed by atoms with E-state index >= 15 is 0 Å². The van der Waals surface area contributed by atoms with Crippen molar-refractivity contribution in [1.82, 2.24) is 0 Å². The van der Waals surface area contributed by atoms with Crippen molar-refractivity contribution in [3.05, 3.63) is 72.8 Å². The lowest BCUT2D eigenvalue weighted by Gasteiger charge is -2.43. The Morgan fingerprint density at radius 2 is 1.48 bits per heavy atom. The highest BCUT2D eigenvalue weighted by Gasteiger charge is 2.49. The van der Waals surface area contributed by atoms with Crippen LogP contribution in [0.15, 0.2) is 72.8 Å². The normalized spacial score (nSPS) is 13.8. The molecule has 0 amide bonds. The molecule has 2 nitrogen and oxygen atoms in total. The zero-order valence-electron chi connectivity index (χ0n) is 17.2. The van der Waals surface area contributed by atoms with Gasteiger partial charge in [0.2, 0.25) is 0 Å². The van der Waals surface area contributed by atoms with Crippen LogP contribution in [0.3, 0.4) is 0 Å². The minimum atomic E-state index is -2.44. The molecule has 3 heteroatoms. The van der Waals surface area contributed by atoms with Crippen LogP contribution < -0.4 is 10.4 Å². The number of aliphatic hydroxyl groups is 1. The monoisotopic (exact) mass is 382 g/mol. The first-order valence-electron chi connectivity index (χ1n) is 9.96. The Bertz CT molecular complexity index is 650. The molecule has 0 aromatic heterocycles. The van der Waals surface area contributed by atoms with Crippen molar-refractivity contribution in [3.63, 3.8) is 0 Å². The lowest BCUT2D eigenvalue weighted by atomic mass is 10.1. The van der Waals surface area contributed by atoms with E-state index in [-0.39, 0.29) is 11.1 Å². The molecule has 1 N–H and O–H groups in total. The lowest BCUT2D eigenvalue weighted by Crippen LogP contribution is -2.66. The first-order chi connectivity index (χ1) is 12.9. The fraction of sp³-hybridized carbons (Fsp3) is 0.417. The molecule has 146 valence electrons. The van der Waals surface area contributed by atoms with Crippen molar-refractivity contribution in [2.24, 2.45) is 0 Å². The van der Waals surface area contributed by atoms with Crippen LogP contribution >= 0.6 is 0 Å². The highest BCUT2D eigenvalue weighted by molar-refractivity contribution is 6.99. The van der Waals surface area contributed by atoms with E-state index in [1.807, 2.05) is 19.1 Å². The summed E-state index contributed by atoms with van der Waals surface area (Å²) >= 11 is 0. The Hall–Kier alpha value is -1.68. The lowest BCUT2D eigenvalue weighted by molar-refractivity contribution is 0.154. The predicted octanol–water partition coefficient (Wildman–Crippen LogP) is 4.67. The second-order valence-electron chi connectivity index (χ2n) is 8.11. The van der Waals surface area contributed by atoms with Gasteiger partial charge < -0.3 is 9.53 Å². The Balaban J connectivity index is 2.27. The van der Waals surface area contributed by atoms with E-state index in [2.05, 4.69) is 81.4 Å². The van der Waals surface area contributed by atoms with Crippen molar-refractivity contribution in [1.29, 1.82) is 0 Å². The third-order valence-electron chi connectivity index (χ3n) is 5.06. The van der Waals surface area contributed by atoms with E-state index in [1.165, 1.54) is 10.4 Å². The number of benzene rings is 2. The van der Waals surface area contributed by atoms with Gasteiger partial charge in [-0.1, -0.05) is 93.6 Å². The Kier molecular flexibility index (Phi) is 8.02. The molecular weight excluding hydrogens is 348 g/mol. The van der Waals surface area contributed by atoms with Crippen LogP contribution in [-0.4, -0.2) is 26.1 Å². The molecule has 0 aliphatic heterocycles. The van der Waals surface area contributed by atoms with Crippen LogP contribution in [0.5, 0.6) is 0 Å². The molecule has 2 aromatic rings. The summed E-state index contributed by atoms with van der Waals surface area (Å²) in [6, 6.07) is 21.4. The zero-order valence-corrected chi connectivity index (χ0v) is 18.2. The summed E-state index contributed by atoms with van der Waals surface area (Å²) in [4.78, 5) is 0. The minimum Gasteiger partial charge on any atom is -0.407 e. The van der Waals surface area contributed by atoms with Crippen molar-refractivity contribution in [2.75, 3.05) is 6.61 Å². The third kappa shape index (κ3) is 5.41. The van der Waals surface area contributed by atoms with E-state index in [4.69, 9.17) is 4.43 Å². The molecule has 2 rings (SSSR count). The summed E-state index contributed by atoms with van der Waals surface area (Å²) in [5, 5.41) is 12.7. The van der Waals surface area contributed by atoms with E-state index < -0.39 is 8.32 Å². The van der Waals surface area contributed by atoms with Gasteiger partial charge in [-0.15, -0.1) is 0 Å². The molecule has 2 aromatic carbocycles. The average molecular weight is 383 g/mol. The van der Waals surface area contributed by atoms with E-state index in [1.54, 1.807) is 0 Å². The maximum absolute atomic E-state index is 10.1. The van der Waals surface area contributed by atoms with E-state index in [0.717, 1.165) is 19.3 Å². The van der Waals surface area contributed by atoms with E-state index in [0.29, 0.717) is 6.61 Å². The van der Waals surface area contributed by atoms with Crippen LogP contribution in [0.2, 0.25) is 5.04 Å². The van der Waals surface area contributed by atoms with Gasteiger partial charge in [0.05, 0.1) is 6.10 Å². The largest absolute Gasteiger partial charge is 0.407 e. The highest BCUT2D eigenvalue weighted by Crippen LogP contribution is 2.36. The summed E-state index contributed by atoms with van der Waals surface area (Å²) in [5.74, 6) is 0. The number of hydrogen-bond donors (Lipinski definition) is 1. The number of allylic oxidation sites excluding steroid dienone is 1. The van der Waals surface area contributed by atoms with E-state index in [9.17, 15) is 5.11 Å². The highest BCUT2D eigenvalue weighted by atomic mass is 28.4. The van der Waals surface area contributed by atoms with Crippen molar-refractivity contribution < 1.29 is 9.53 Å². The van der Waals surface area contributed by atoms with Crippen LogP contribution in [0, 0.1) is 0 Å². The molecule has 0 fully saturated rings. The number of hydrogen-bond acceptors (Lipinski definition) is 2. The summed E-state index contributed by atoms with van der Waals surface area (Å²) in [6.45, 7) is 9.53. The fourth-order valence-electron chi connectivity index (χ4n) is 3.72. The SMILES string of the molecule is C/C=C/C[C@H](O)CCCO[Si](c1ccccc1)(c1ccccc1)C(C)(C)C. The van der Waals surface area contributed by atoms with Gasteiger partial charge >= 0.3 is 0 Å². The minimum absolute atomic E-state index is 0.000723. The molecule has 0 bridgehead atoms. The van der Waals surface area contributed by atoms with Gasteiger partial charge in [0.25, 0.3) is 8.32 Å². The van der Waals surface area contributed by atoms with Gasteiger partial charge in [-0.05, 0) is 41.6 Å². The van der Waals surface area contributed by atoms with Crippen LogP contribution in [0.1, 0.15) is 47.0 Å². The molecule has 0 aliphatic rings. The molecule has 0 saturated carbocycles. The molecule has 0 saturated heterocycles. The number of rotatable bonds is 9. The van der Waals surface area contributed by atoms with Crippen molar-refractivity contribution >= 4 is 18.7 Å². The average Bonchev–Trinajstić information content (AvgIpc) is 2.67. The molecule has 1 atom stereocenters. The Morgan fingerprint density at radius 1 is 0.963 bits per heavy atom. The van der Waals surface area contributed by atoms with Crippen molar-refractivity contribution in [3.8, 4) is 0 Å². The van der Waals surface area contributed by atoms with Gasteiger partial charge in [-0.3, -0.25) is 0 Å². The van der Waals surface area contributed by atoms with Gasteiger partial charge in [0.1, 0.15) is 0 Å².